The molecule has 5 rings (SSSR count). The van der Waals surface area contributed by atoms with Crippen molar-refractivity contribution < 1.29 is 45.8 Å². The SMILES string of the molecule is C#CCN1C(=O)COc2cc(F)c(-n3ncc(C)cc3=O)cc21.C#CCN1C(=O)COc2cc(F)c(N/N=C/C(=O)C(F)(F)F)cc21. The number of hydrazone groups is 1. The van der Waals surface area contributed by atoms with Crippen LogP contribution < -0.4 is 30.3 Å². The molecule has 0 atom stereocenters. The second-order valence-electron chi connectivity index (χ2n) is 9.53. The molecule has 2 aliphatic heterocycles. The fourth-order valence-corrected chi connectivity index (χ4v) is 4.12. The van der Waals surface area contributed by atoms with E-state index >= 15 is 0 Å². The summed E-state index contributed by atoms with van der Waals surface area (Å²) in [6.45, 7) is 1.10. The number of nitrogens with one attached hydrogen (secondary N) is 1. The summed E-state index contributed by atoms with van der Waals surface area (Å²) in [4.78, 5) is 48.8. The van der Waals surface area contributed by atoms with Gasteiger partial charge in [0.2, 0.25) is 0 Å². The molecule has 0 radical (unpaired) electrons. The fourth-order valence-electron chi connectivity index (χ4n) is 4.12. The van der Waals surface area contributed by atoms with Gasteiger partial charge in [-0.1, -0.05) is 11.8 Å². The minimum Gasteiger partial charge on any atom is -0.481 e. The van der Waals surface area contributed by atoms with E-state index in [0.717, 1.165) is 27.8 Å². The quantitative estimate of drug-likeness (QED) is 0.185. The minimum absolute atomic E-state index is 0.0243. The molecular weight excluding hydrogens is 635 g/mol. The highest BCUT2D eigenvalue weighted by atomic mass is 19.4. The second kappa shape index (κ2) is 13.8. The summed E-state index contributed by atoms with van der Waals surface area (Å²) in [7, 11) is 0. The number of halogens is 5. The number of anilines is 3. The van der Waals surface area contributed by atoms with Gasteiger partial charge in [0.15, 0.2) is 24.8 Å². The molecule has 47 heavy (non-hydrogen) atoms. The Bertz CT molecular complexity index is 1930. The van der Waals surface area contributed by atoms with Crippen molar-refractivity contribution in [2.24, 2.45) is 5.10 Å². The summed E-state index contributed by atoms with van der Waals surface area (Å²) in [6.07, 6.45) is 6.77. The number of aromatic nitrogens is 2. The number of hydrogen-bond acceptors (Lipinski definition) is 9. The van der Waals surface area contributed by atoms with E-state index in [1.165, 1.54) is 23.2 Å². The number of amides is 2. The summed E-state index contributed by atoms with van der Waals surface area (Å²) >= 11 is 0. The molecule has 2 aromatic carbocycles. The first-order valence-corrected chi connectivity index (χ1v) is 13.1. The van der Waals surface area contributed by atoms with E-state index in [0.29, 0.717) is 11.3 Å². The Hall–Kier alpha value is -6.23. The zero-order valence-corrected chi connectivity index (χ0v) is 24.1. The maximum atomic E-state index is 14.3. The van der Waals surface area contributed by atoms with Crippen LogP contribution in [-0.2, 0) is 14.4 Å². The third-order valence-electron chi connectivity index (χ3n) is 6.27. The largest absolute Gasteiger partial charge is 0.481 e. The molecule has 0 unspecified atom stereocenters. The van der Waals surface area contributed by atoms with Crippen LogP contribution in [0, 0.1) is 43.2 Å². The van der Waals surface area contributed by atoms with E-state index in [4.69, 9.17) is 22.3 Å². The van der Waals surface area contributed by atoms with Gasteiger partial charge in [0, 0.05) is 18.2 Å². The number of carbonyl (C=O) groups is 3. The molecule has 3 aromatic rings. The van der Waals surface area contributed by atoms with Crippen molar-refractivity contribution in [1.82, 2.24) is 9.78 Å². The Morgan fingerprint density at radius 1 is 0.936 bits per heavy atom. The molecule has 242 valence electrons. The number of aryl methyl sites for hydroxylation is 1. The summed E-state index contributed by atoms with van der Waals surface area (Å²) < 4.78 is 75.5. The van der Waals surface area contributed by atoms with Gasteiger partial charge in [-0.2, -0.15) is 28.1 Å². The van der Waals surface area contributed by atoms with E-state index in [1.54, 1.807) is 6.92 Å². The van der Waals surface area contributed by atoms with Crippen molar-refractivity contribution in [3.63, 3.8) is 0 Å². The number of fused-ring (bicyclic) bond motifs is 2. The maximum Gasteiger partial charge on any atom is 0.455 e. The molecular formula is C30H21F5N6O6. The van der Waals surface area contributed by atoms with Crippen LogP contribution >= 0.6 is 0 Å². The van der Waals surface area contributed by atoms with Gasteiger partial charge in [0.05, 0.1) is 42.6 Å². The summed E-state index contributed by atoms with van der Waals surface area (Å²) in [5.74, 6) is 0.274. The normalized spacial score (nSPS) is 13.7. The van der Waals surface area contributed by atoms with E-state index in [9.17, 15) is 41.1 Å². The number of benzene rings is 2. The third kappa shape index (κ3) is 7.54. The molecule has 0 spiro atoms. The van der Waals surface area contributed by atoms with Gasteiger partial charge >= 0.3 is 6.18 Å². The Balaban J connectivity index is 0.000000213. The minimum atomic E-state index is -5.08. The van der Waals surface area contributed by atoms with E-state index in [1.807, 2.05) is 5.43 Å². The van der Waals surface area contributed by atoms with Crippen LogP contribution in [0.4, 0.5) is 39.0 Å². The Morgan fingerprint density at radius 3 is 2.02 bits per heavy atom. The van der Waals surface area contributed by atoms with Crippen molar-refractivity contribution in [3.05, 3.63) is 64.1 Å². The molecule has 3 heterocycles. The third-order valence-corrected chi connectivity index (χ3v) is 6.27. The highest BCUT2D eigenvalue weighted by Gasteiger charge is 2.37. The highest BCUT2D eigenvalue weighted by molar-refractivity contribution is 6.30. The van der Waals surface area contributed by atoms with Gasteiger partial charge in [0.1, 0.15) is 17.2 Å². The first-order valence-electron chi connectivity index (χ1n) is 13.1. The molecule has 1 N–H and O–H groups in total. The fraction of sp³-hybridized carbons (Fsp3) is 0.200. The lowest BCUT2D eigenvalue weighted by Crippen LogP contribution is -2.39. The van der Waals surface area contributed by atoms with Gasteiger partial charge in [-0.25, -0.2) is 8.78 Å². The number of terminal acetylenes is 2. The topological polar surface area (TPSA) is 135 Å². The molecule has 12 nitrogen and oxygen atoms in total. The van der Waals surface area contributed by atoms with Crippen LogP contribution in [0.1, 0.15) is 5.56 Å². The van der Waals surface area contributed by atoms with E-state index in [-0.39, 0.29) is 67.0 Å². The molecule has 0 aliphatic carbocycles. The van der Waals surface area contributed by atoms with Crippen LogP contribution in [0.15, 0.2) is 46.4 Å². The highest BCUT2D eigenvalue weighted by Crippen LogP contribution is 2.37. The predicted molar refractivity (Wildman–Crippen MR) is 157 cm³/mol. The van der Waals surface area contributed by atoms with Crippen LogP contribution in [0.2, 0.25) is 0 Å². The molecule has 17 heteroatoms. The maximum absolute atomic E-state index is 14.3. The lowest BCUT2D eigenvalue weighted by atomic mass is 10.2. The zero-order chi connectivity index (χ0) is 34.5. The number of carbonyl (C=O) groups excluding carboxylic acids is 3. The van der Waals surface area contributed by atoms with Crippen LogP contribution in [0.3, 0.4) is 0 Å². The van der Waals surface area contributed by atoms with E-state index < -0.39 is 35.1 Å². The molecule has 2 amide bonds. The van der Waals surface area contributed by atoms with Crippen molar-refractivity contribution >= 4 is 40.9 Å². The monoisotopic (exact) mass is 656 g/mol. The smallest absolute Gasteiger partial charge is 0.455 e. The zero-order valence-electron chi connectivity index (χ0n) is 24.1. The van der Waals surface area contributed by atoms with Crippen LogP contribution in [-0.4, -0.2) is 66.1 Å². The molecule has 0 saturated carbocycles. The van der Waals surface area contributed by atoms with Gasteiger partial charge in [-0.3, -0.25) is 34.4 Å². The Kier molecular flexibility index (Phi) is 9.90. The molecule has 2 aliphatic rings. The van der Waals surface area contributed by atoms with Crippen molar-refractivity contribution in [1.29, 1.82) is 0 Å². The average Bonchev–Trinajstić information content (AvgIpc) is 3.00. The summed E-state index contributed by atoms with van der Waals surface area (Å²) in [5, 5.41) is 6.97. The molecule has 0 saturated heterocycles. The Morgan fingerprint density at radius 2 is 1.49 bits per heavy atom. The van der Waals surface area contributed by atoms with Gasteiger partial charge < -0.3 is 9.47 Å². The number of hydrogen-bond donors (Lipinski definition) is 1. The number of Topliss-reactive ketones (excluding diaryl/α,β-unsaturated/α-hetero) is 1. The molecule has 0 fully saturated rings. The lowest BCUT2D eigenvalue weighted by molar-refractivity contribution is -0.162. The standard InChI is InChI=1S/C16H12FN3O3.C14H9F4N3O3/c1-3-4-19-13-7-12(20-15(21)5-10(2)8-18-20)11(17)6-14(13)23-9-16(19)22;1-2-3-21-10-5-9(20-19-6-12(22)14(16,17)18)8(15)4-11(10)24-7-13(21)23/h1,5-8H,4,9H2,2H3;1,4-6,20H,3,7H2/b;19-6+. The number of rotatable bonds is 6. The molecule has 1 aromatic heterocycles. The first kappa shape index (κ1) is 33.7. The number of ether oxygens (including phenoxy) is 2. The number of nitrogens with zero attached hydrogens (tertiary/aromatic N) is 5. The number of alkyl halides is 3. The first-order chi connectivity index (χ1) is 22.2. The number of ketones is 1. The predicted octanol–water partition coefficient (Wildman–Crippen LogP) is 2.75. The van der Waals surface area contributed by atoms with Gasteiger partial charge in [-0.05, 0) is 24.6 Å². The lowest BCUT2D eigenvalue weighted by Gasteiger charge is -2.28. The van der Waals surface area contributed by atoms with Crippen molar-refractivity contribution in [2.45, 2.75) is 13.1 Å². The van der Waals surface area contributed by atoms with E-state index in [2.05, 4.69) is 22.0 Å². The van der Waals surface area contributed by atoms with Crippen LogP contribution in [0.25, 0.3) is 5.69 Å². The van der Waals surface area contributed by atoms with Gasteiger partial charge in [-0.15, -0.1) is 12.8 Å². The summed E-state index contributed by atoms with van der Waals surface area (Å²) in [5.41, 5.74) is 2.16. The summed E-state index contributed by atoms with van der Waals surface area (Å²) in [6, 6.07) is 5.81. The van der Waals surface area contributed by atoms with Gasteiger partial charge in [0.25, 0.3) is 23.2 Å². The second-order valence-corrected chi connectivity index (χ2v) is 9.53. The van der Waals surface area contributed by atoms with Crippen molar-refractivity contribution in [3.8, 4) is 41.9 Å². The Labute approximate surface area is 262 Å². The van der Waals surface area contributed by atoms with Crippen LogP contribution in [0.5, 0.6) is 11.5 Å². The average molecular weight is 657 g/mol. The molecule has 0 bridgehead atoms. The van der Waals surface area contributed by atoms with Crippen molar-refractivity contribution in [2.75, 3.05) is 41.5 Å².